The van der Waals surface area contributed by atoms with Crippen molar-refractivity contribution in [3.8, 4) is 0 Å². The van der Waals surface area contributed by atoms with Gasteiger partial charge < -0.3 is 9.42 Å². The number of hydrogen-bond donors (Lipinski definition) is 0. The van der Waals surface area contributed by atoms with E-state index in [0.717, 1.165) is 37.7 Å². The van der Waals surface area contributed by atoms with Crippen LogP contribution in [-0.4, -0.2) is 46.1 Å². The number of piperazine rings is 1. The lowest BCUT2D eigenvalue weighted by Crippen LogP contribution is -2.47. The smallest absolute Gasteiger partial charge is 0.269 e. The van der Waals surface area contributed by atoms with Crippen LogP contribution in [-0.2, 0) is 0 Å². The normalized spacial score (nSPS) is 17.0. The fourth-order valence-electron chi connectivity index (χ4n) is 2.96. The van der Waals surface area contributed by atoms with Crippen LogP contribution in [0.2, 0.25) is 0 Å². The Balaban J connectivity index is 1.60. The minimum Gasteiger partial charge on any atom is -0.369 e. The van der Waals surface area contributed by atoms with Crippen LogP contribution in [0.4, 0.5) is 11.4 Å². The zero-order valence-corrected chi connectivity index (χ0v) is 14.8. The van der Waals surface area contributed by atoms with E-state index in [1.165, 1.54) is 0 Å². The van der Waals surface area contributed by atoms with Crippen molar-refractivity contribution in [2.24, 2.45) is 0 Å². The van der Waals surface area contributed by atoms with E-state index in [4.69, 9.17) is 4.52 Å². The predicted molar refractivity (Wildman–Crippen MR) is 93.7 cm³/mol. The molecule has 0 amide bonds. The molecule has 8 heteroatoms. The first kappa shape index (κ1) is 17.3. The van der Waals surface area contributed by atoms with Gasteiger partial charge in [-0.3, -0.25) is 15.0 Å². The molecule has 0 N–H and O–H groups in total. The Kier molecular flexibility index (Phi) is 4.98. The maximum Gasteiger partial charge on any atom is 0.269 e. The Hall–Kier alpha value is -2.48. The van der Waals surface area contributed by atoms with Crippen molar-refractivity contribution in [1.82, 2.24) is 15.0 Å². The van der Waals surface area contributed by atoms with Crippen molar-refractivity contribution in [3.63, 3.8) is 0 Å². The monoisotopic (exact) mass is 345 g/mol. The molecule has 1 fully saturated rings. The van der Waals surface area contributed by atoms with Gasteiger partial charge in [-0.05, 0) is 19.1 Å². The molecule has 25 heavy (non-hydrogen) atoms. The molecule has 3 rings (SSSR count). The molecule has 8 nitrogen and oxygen atoms in total. The average molecular weight is 345 g/mol. The minimum atomic E-state index is -0.376. The number of non-ortho nitro benzene ring substituents is 1. The summed E-state index contributed by atoms with van der Waals surface area (Å²) in [7, 11) is 0. The number of rotatable bonds is 5. The van der Waals surface area contributed by atoms with Crippen LogP contribution in [0.5, 0.6) is 0 Å². The van der Waals surface area contributed by atoms with E-state index in [1.807, 2.05) is 26.0 Å². The Bertz CT molecular complexity index is 720. The third-order valence-corrected chi connectivity index (χ3v) is 4.62. The van der Waals surface area contributed by atoms with Crippen LogP contribution >= 0.6 is 0 Å². The van der Waals surface area contributed by atoms with Gasteiger partial charge in [0.25, 0.3) is 5.69 Å². The number of hydrogen-bond acceptors (Lipinski definition) is 7. The third-order valence-electron chi connectivity index (χ3n) is 4.62. The van der Waals surface area contributed by atoms with Gasteiger partial charge in [0.1, 0.15) is 0 Å². The molecule has 0 aliphatic carbocycles. The largest absolute Gasteiger partial charge is 0.369 e. The summed E-state index contributed by atoms with van der Waals surface area (Å²) in [5.41, 5.74) is 1.13. The molecule has 1 atom stereocenters. The summed E-state index contributed by atoms with van der Waals surface area (Å²) in [4.78, 5) is 19.4. The van der Waals surface area contributed by atoms with Gasteiger partial charge in [-0.15, -0.1) is 0 Å². The first-order valence-corrected chi connectivity index (χ1v) is 8.52. The topological polar surface area (TPSA) is 88.5 Å². The lowest BCUT2D eigenvalue weighted by molar-refractivity contribution is -0.384. The predicted octanol–water partition coefficient (Wildman–Crippen LogP) is 2.98. The second-order valence-electron chi connectivity index (χ2n) is 6.62. The van der Waals surface area contributed by atoms with Gasteiger partial charge in [0.15, 0.2) is 5.82 Å². The highest BCUT2D eigenvalue weighted by molar-refractivity contribution is 5.51. The van der Waals surface area contributed by atoms with E-state index >= 15 is 0 Å². The van der Waals surface area contributed by atoms with Gasteiger partial charge in [0, 0.05) is 49.9 Å². The van der Waals surface area contributed by atoms with E-state index in [9.17, 15) is 10.1 Å². The van der Waals surface area contributed by atoms with Gasteiger partial charge in [0.2, 0.25) is 5.89 Å². The van der Waals surface area contributed by atoms with E-state index in [1.54, 1.807) is 12.1 Å². The van der Waals surface area contributed by atoms with Gasteiger partial charge in [-0.25, -0.2) is 0 Å². The fraction of sp³-hybridized carbons (Fsp3) is 0.529. The van der Waals surface area contributed by atoms with Crippen molar-refractivity contribution in [1.29, 1.82) is 0 Å². The first-order chi connectivity index (χ1) is 12.0. The molecule has 1 aliphatic heterocycles. The van der Waals surface area contributed by atoms with Gasteiger partial charge in [0.05, 0.1) is 11.0 Å². The fourth-order valence-corrected chi connectivity index (χ4v) is 2.96. The van der Waals surface area contributed by atoms with Crippen LogP contribution in [0.3, 0.4) is 0 Å². The maximum atomic E-state index is 10.8. The number of aromatic nitrogens is 2. The quantitative estimate of drug-likeness (QED) is 0.608. The summed E-state index contributed by atoms with van der Waals surface area (Å²) in [6.07, 6.45) is 0. The van der Waals surface area contributed by atoms with Gasteiger partial charge >= 0.3 is 0 Å². The van der Waals surface area contributed by atoms with Crippen molar-refractivity contribution in [2.45, 2.75) is 32.7 Å². The van der Waals surface area contributed by atoms with Crippen LogP contribution in [0, 0.1) is 10.1 Å². The second-order valence-corrected chi connectivity index (χ2v) is 6.62. The molecular formula is C17H23N5O3. The average Bonchev–Trinajstić information content (AvgIpc) is 3.12. The Morgan fingerprint density at radius 2 is 1.76 bits per heavy atom. The molecule has 1 aliphatic rings. The standard InChI is InChI=1S/C17H23N5O3/c1-12(2)16-18-17(25-19-16)13(3)20-8-10-21(11-9-20)14-4-6-15(7-5-14)22(23)24/h4-7,12-13H,8-11H2,1-3H3. The van der Waals surface area contributed by atoms with Crippen LogP contribution in [0.25, 0.3) is 0 Å². The number of benzene rings is 1. The molecule has 0 spiro atoms. The first-order valence-electron chi connectivity index (χ1n) is 8.52. The third kappa shape index (κ3) is 3.79. The molecule has 1 unspecified atom stereocenters. The number of nitro benzene ring substituents is 1. The highest BCUT2D eigenvalue weighted by Crippen LogP contribution is 2.25. The molecule has 0 bridgehead atoms. The summed E-state index contributed by atoms with van der Waals surface area (Å²) >= 11 is 0. The lowest BCUT2D eigenvalue weighted by atomic mass is 10.2. The van der Waals surface area contributed by atoms with E-state index in [2.05, 4.69) is 26.9 Å². The number of nitrogens with zero attached hydrogens (tertiary/aromatic N) is 5. The summed E-state index contributed by atoms with van der Waals surface area (Å²) < 4.78 is 5.41. The Morgan fingerprint density at radius 1 is 1.12 bits per heavy atom. The second kappa shape index (κ2) is 7.18. The Labute approximate surface area is 146 Å². The van der Waals surface area contributed by atoms with Crippen molar-refractivity contribution in [3.05, 3.63) is 46.1 Å². The Morgan fingerprint density at radius 3 is 2.28 bits per heavy atom. The SMILES string of the molecule is CC(C)c1noc(C(C)N2CCN(c3ccc([N+](=O)[O-])cc3)CC2)n1. The van der Waals surface area contributed by atoms with Crippen molar-refractivity contribution < 1.29 is 9.45 Å². The van der Waals surface area contributed by atoms with E-state index in [0.29, 0.717) is 5.89 Å². The summed E-state index contributed by atoms with van der Waals surface area (Å²) in [6.45, 7) is 9.62. The molecule has 0 radical (unpaired) electrons. The number of nitro groups is 1. The maximum absolute atomic E-state index is 10.8. The van der Waals surface area contributed by atoms with Crippen molar-refractivity contribution in [2.75, 3.05) is 31.1 Å². The van der Waals surface area contributed by atoms with Gasteiger partial charge in [-0.2, -0.15) is 4.98 Å². The molecule has 134 valence electrons. The highest BCUT2D eigenvalue weighted by Gasteiger charge is 2.26. The molecule has 1 saturated heterocycles. The van der Waals surface area contributed by atoms with E-state index < -0.39 is 0 Å². The molecule has 2 aromatic rings. The molecular weight excluding hydrogens is 322 g/mol. The molecule has 0 saturated carbocycles. The van der Waals surface area contributed by atoms with Crippen LogP contribution < -0.4 is 4.90 Å². The van der Waals surface area contributed by atoms with Crippen LogP contribution in [0.15, 0.2) is 28.8 Å². The van der Waals surface area contributed by atoms with Gasteiger partial charge in [-0.1, -0.05) is 19.0 Å². The van der Waals surface area contributed by atoms with E-state index in [-0.39, 0.29) is 22.6 Å². The molecule has 1 aromatic carbocycles. The minimum absolute atomic E-state index is 0.0824. The number of anilines is 1. The summed E-state index contributed by atoms with van der Waals surface area (Å²) in [5.74, 6) is 1.66. The summed E-state index contributed by atoms with van der Waals surface area (Å²) in [5, 5.41) is 14.8. The highest BCUT2D eigenvalue weighted by atomic mass is 16.6. The zero-order valence-electron chi connectivity index (χ0n) is 14.8. The molecule has 2 heterocycles. The zero-order chi connectivity index (χ0) is 18.0. The van der Waals surface area contributed by atoms with Crippen molar-refractivity contribution >= 4 is 11.4 Å². The lowest BCUT2D eigenvalue weighted by Gasteiger charge is -2.38. The summed E-state index contributed by atoms with van der Waals surface area (Å²) in [6, 6.07) is 6.81. The van der Waals surface area contributed by atoms with Crippen LogP contribution in [0.1, 0.15) is 44.4 Å². The molecule has 1 aromatic heterocycles.